The van der Waals surface area contributed by atoms with E-state index in [1.165, 1.54) is 5.69 Å². The Morgan fingerprint density at radius 3 is 2.93 bits per heavy atom. The molecule has 4 heteroatoms. The van der Waals surface area contributed by atoms with Crippen LogP contribution in [0.4, 0.5) is 0 Å². The van der Waals surface area contributed by atoms with E-state index < -0.39 is 0 Å². The van der Waals surface area contributed by atoms with Crippen molar-refractivity contribution >= 4 is 27.0 Å². The molecule has 3 nitrogen and oxygen atoms in total. The molecule has 2 rings (SSSR count). The summed E-state index contributed by atoms with van der Waals surface area (Å²) in [6.07, 6.45) is 1.80. The molecule has 0 aliphatic heterocycles. The Labute approximate surface area is 91.3 Å². The predicted octanol–water partition coefficient (Wildman–Crippen LogP) is 2.39. The van der Waals surface area contributed by atoms with Gasteiger partial charge in [0.1, 0.15) is 5.65 Å². The van der Waals surface area contributed by atoms with Crippen molar-refractivity contribution in [3.63, 3.8) is 0 Å². The predicted molar refractivity (Wildman–Crippen MR) is 61.2 cm³/mol. The van der Waals surface area contributed by atoms with E-state index in [1.54, 1.807) is 6.20 Å². The molecule has 0 aliphatic rings. The molecule has 2 heterocycles. The fraction of sp³-hybridized carbons (Fsp3) is 0.300. The quantitative estimate of drug-likeness (QED) is 0.892. The normalized spacial score (nSPS) is 11.4. The number of rotatable bonds is 2. The Bertz CT molecular complexity index is 448. The molecule has 0 radical (unpaired) electrons. The van der Waals surface area contributed by atoms with Crippen LogP contribution >= 0.6 is 15.9 Å². The van der Waals surface area contributed by atoms with Gasteiger partial charge >= 0.3 is 0 Å². The summed E-state index contributed by atoms with van der Waals surface area (Å²) in [6.45, 7) is 0.911. The van der Waals surface area contributed by atoms with Gasteiger partial charge < -0.3 is 9.88 Å². The van der Waals surface area contributed by atoms with Crippen molar-refractivity contribution in [2.24, 2.45) is 0 Å². The van der Waals surface area contributed by atoms with Crippen LogP contribution < -0.4 is 0 Å². The van der Waals surface area contributed by atoms with E-state index in [-0.39, 0.29) is 0 Å². The first kappa shape index (κ1) is 9.68. The van der Waals surface area contributed by atoms with Crippen LogP contribution in [0, 0.1) is 0 Å². The molecule has 74 valence electrons. The number of pyridine rings is 1. The van der Waals surface area contributed by atoms with Crippen molar-refractivity contribution in [1.82, 2.24) is 14.9 Å². The molecular weight excluding hydrogens is 242 g/mol. The van der Waals surface area contributed by atoms with Crippen molar-refractivity contribution < 1.29 is 0 Å². The van der Waals surface area contributed by atoms with Crippen LogP contribution in [0.2, 0.25) is 0 Å². The molecule has 0 saturated heterocycles. The number of hydrogen-bond donors (Lipinski definition) is 1. The molecule has 0 saturated carbocycles. The molecule has 0 amide bonds. The van der Waals surface area contributed by atoms with Crippen molar-refractivity contribution in [2.45, 2.75) is 6.54 Å². The summed E-state index contributed by atoms with van der Waals surface area (Å²) in [6, 6.07) is 4.20. The molecule has 1 N–H and O–H groups in total. The maximum Gasteiger partial charge on any atom is 0.137 e. The standard InChI is InChI=1S/C10H12BrN3/c1-14(2)6-9-4-7-3-8(11)5-12-10(7)13-9/h3-5H,6H2,1-2H3,(H,12,13). The summed E-state index contributed by atoms with van der Waals surface area (Å²) < 4.78 is 1.01. The number of aromatic nitrogens is 2. The lowest BCUT2D eigenvalue weighted by Crippen LogP contribution is -2.10. The van der Waals surface area contributed by atoms with Gasteiger partial charge in [-0.3, -0.25) is 0 Å². The monoisotopic (exact) mass is 253 g/mol. The second-order valence-electron chi connectivity index (χ2n) is 3.62. The molecule has 0 aliphatic carbocycles. The Morgan fingerprint density at radius 1 is 1.43 bits per heavy atom. The van der Waals surface area contributed by atoms with E-state index in [9.17, 15) is 0 Å². The highest BCUT2D eigenvalue weighted by Crippen LogP contribution is 2.18. The first-order valence-corrected chi connectivity index (χ1v) is 5.22. The van der Waals surface area contributed by atoms with Crippen molar-refractivity contribution in [3.8, 4) is 0 Å². The molecule has 0 fully saturated rings. The lowest BCUT2D eigenvalue weighted by atomic mass is 10.3. The molecule has 0 unspecified atom stereocenters. The first-order chi connectivity index (χ1) is 6.65. The number of fused-ring (bicyclic) bond motifs is 1. The lowest BCUT2D eigenvalue weighted by Gasteiger charge is -2.05. The summed E-state index contributed by atoms with van der Waals surface area (Å²) >= 11 is 3.41. The summed E-state index contributed by atoms with van der Waals surface area (Å²) in [5, 5.41) is 1.15. The van der Waals surface area contributed by atoms with E-state index >= 15 is 0 Å². The van der Waals surface area contributed by atoms with Gasteiger partial charge in [-0.15, -0.1) is 0 Å². The van der Waals surface area contributed by atoms with Crippen LogP contribution in [0.25, 0.3) is 11.0 Å². The summed E-state index contributed by atoms with van der Waals surface area (Å²) in [7, 11) is 4.10. The Kier molecular flexibility index (Phi) is 2.56. The summed E-state index contributed by atoms with van der Waals surface area (Å²) in [4.78, 5) is 9.69. The zero-order chi connectivity index (χ0) is 10.1. The van der Waals surface area contributed by atoms with E-state index in [1.807, 2.05) is 0 Å². The van der Waals surface area contributed by atoms with Gasteiger partial charge in [-0.2, -0.15) is 0 Å². The maximum absolute atomic E-state index is 4.29. The number of nitrogens with zero attached hydrogens (tertiary/aromatic N) is 2. The van der Waals surface area contributed by atoms with Crippen LogP contribution in [0.3, 0.4) is 0 Å². The largest absolute Gasteiger partial charge is 0.342 e. The zero-order valence-corrected chi connectivity index (χ0v) is 9.80. The molecule has 2 aromatic rings. The van der Waals surface area contributed by atoms with Crippen LogP contribution in [-0.2, 0) is 6.54 Å². The van der Waals surface area contributed by atoms with Crippen LogP contribution in [-0.4, -0.2) is 29.0 Å². The molecule has 14 heavy (non-hydrogen) atoms. The third-order valence-electron chi connectivity index (χ3n) is 1.98. The van der Waals surface area contributed by atoms with E-state index in [4.69, 9.17) is 0 Å². The van der Waals surface area contributed by atoms with Crippen LogP contribution in [0.15, 0.2) is 22.8 Å². The SMILES string of the molecule is CN(C)Cc1cc2cc(Br)cnc2[nH]1. The highest BCUT2D eigenvalue weighted by Gasteiger charge is 2.02. The molecule has 0 aromatic carbocycles. The van der Waals surface area contributed by atoms with E-state index in [0.29, 0.717) is 0 Å². The second-order valence-corrected chi connectivity index (χ2v) is 4.54. The van der Waals surface area contributed by atoms with Gasteiger partial charge in [0.2, 0.25) is 0 Å². The third kappa shape index (κ3) is 1.96. The van der Waals surface area contributed by atoms with Gasteiger partial charge in [0, 0.05) is 28.3 Å². The topological polar surface area (TPSA) is 31.9 Å². The smallest absolute Gasteiger partial charge is 0.137 e. The van der Waals surface area contributed by atoms with Gasteiger partial charge in [0.15, 0.2) is 0 Å². The second kappa shape index (κ2) is 3.71. The molecule has 0 spiro atoms. The maximum atomic E-state index is 4.29. The number of nitrogens with one attached hydrogen (secondary N) is 1. The number of H-pyrrole nitrogens is 1. The molecule has 0 atom stereocenters. The average Bonchev–Trinajstić information content (AvgIpc) is 2.44. The number of aromatic amines is 1. The highest BCUT2D eigenvalue weighted by molar-refractivity contribution is 9.10. The minimum atomic E-state index is 0.911. The Hall–Kier alpha value is -0.870. The lowest BCUT2D eigenvalue weighted by molar-refractivity contribution is 0.398. The molecule has 0 bridgehead atoms. The van der Waals surface area contributed by atoms with Crippen molar-refractivity contribution in [2.75, 3.05) is 14.1 Å². The fourth-order valence-electron chi connectivity index (χ4n) is 1.47. The van der Waals surface area contributed by atoms with Crippen molar-refractivity contribution in [1.29, 1.82) is 0 Å². The summed E-state index contributed by atoms with van der Waals surface area (Å²) in [5.41, 5.74) is 2.14. The fourth-order valence-corrected chi connectivity index (χ4v) is 1.82. The van der Waals surface area contributed by atoms with Gasteiger partial charge in [-0.05, 0) is 42.2 Å². The van der Waals surface area contributed by atoms with Crippen LogP contribution in [0.5, 0.6) is 0 Å². The van der Waals surface area contributed by atoms with Gasteiger partial charge in [0.05, 0.1) is 0 Å². The molecular formula is C10H12BrN3. The summed E-state index contributed by atoms with van der Waals surface area (Å²) in [5.74, 6) is 0. The number of hydrogen-bond acceptors (Lipinski definition) is 2. The first-order valence-electron chi connectivity index (χ1n) is 4.43. The minimum absolute atomic E-state index is 0.911. The van der Waals surface area contributed by atoms with E-state index in [0.717, 1.165) is 22.1 Å². The van der Waals surface area contributed by atoms with Crippen molar-refractivity contribution in [3.05, 3.63) is 28.5 Å². The van der Waals surface area contributed by atoms with E-state index in [2.05, 4.69) is 57.0 Å². The van der Waals surface area contributed by atoms with Crippen LogP contribution in [0.1, 0.15) is 5.69 Å². The van der Waals surface area contributed by atoms with Gasteiger partial charge in [0.25, 0.3) is 0 Å². The number of halogens is 1. The molecule has 2 aromatic heterocycles. The zero-order valence-electron chi connectivity index (χ0n) is 8.21. The third-order valence-corrected chi connectivity index (χ3v) is 2.41. The average molecular weight is 254 g/mol. The minimum Gasteiger partial charge on any atom is -0.342 e. The Morgan fingerprint density at radius 2 is 2.21 bits per heavy atom. The van der Waals surface area contributed by atoms with Gasteiger partial charge in [-0.25, -0.2) is 4.98 Å². The Balaban J connectivity index is 2.41. The van der Waals surface area contributed by atoms with Gasteiger partial charge in [-0.1, -0.05) is 0 Å². The highest BCUT2D eigenvalue weighted by atomic mass is 79.9.